The lowest BCUT2D eigenvalue weighted by Gasteiger charge is -2.22. The molecule has 7 nitrogen and oxygen atoms in total. The molecule has 0 aromatic carbocycles. The third-order valence-electron chi connectivity index (χ3n) is 2.52. The summed E-state index contributed by atoms with van der Waals surface area (Å²) >= 11 is 5.93. The molecule has 3 N–H and O–H groups in total. The lowest BCUT2D eigenvalue weighted by atomic mass is 10.1. The summed E-state index contributed by atoms with van der Waals surface area (Å²) in [6.07, 6.45) is 2.15. The van der Waals surface area contributed by atoms with Crippen LogP contribution in [0.5, 0.6) is 0 Å². The van der Waals surface area contributed by atoms with Crippen LogP contribution in [0.4, 0.5) is 11.8 Å². The molecule has 1 atom stereocenters. The van der Waals surface area contributed by atoms with E-state index in [1.165, 1.54) is 6.20 Å². The SMILES string of the molecule is CNc1ncc(Cl)c(NC2CCC(=O)NC2=O)n1. The summed E-state index contributed by atoms with van der Waals surface area (Å²) in [6, 6.07) is -0.514. The second-order valence-corrected chi connectivity index (χ2v) is 4.20. The average molecular weight is 270 g/mol. The van der Waals surface area contributed by atoms with Gasteiger partial charge in [-0.3, -0.25) is 14.9 Å². The first-order chi connectivity index (χ1) is 8.60. The number of amides is 2. The zero-order valence-electron chi connectivity index (χ0n) is 9.66. The van der Waals surface area contributed by atoms with Gasteiger partial charge in [0.25, 0.3) is 0 Å². The van der Waals surface area contributed by atoms with E-state index in [9.17, 15) is 9.59 Å². The number of nitrogens with one attached hydrogen (secondary N) is 3. The van der Waals surface area contributed by atoms with E-state index in [1.807, 2.05) is 0 Å². The predicted molar refractivity (Wildman–Crippen MR) is 66.4 cm³/mol. The number of rotatable bonds is 3. The number of carbonyl (C=O) groups excluding carboxylic acids is 2. The molecule has 1 fully saturated rings. The summed E-state index contributed by atoms with van der Waals surface area (Å²) in [5.74, 6) is 0.134. The van der Waals surface area contributed by atoms with Crippen LogP contribution < -0.4 is 16.0 Å². The number of piperidine rings is 1. The first-order valence-corrected chi connectivity index (χ1v) is 5.78. The lowest BCUT2D eigenvalue weighted by Crippen LogP contribution is -2.47. The minimum Gasteiger partial charge on any atom is -0.357 e. The van der Waals surface area contributed by atoms with Crippen LogP contribution in [0.15, 0.2) is 6.20 Å². The largest absolute Gasteiger partial charge is 0.357 e. The Bertz CT molecular complexity index is 493. The summed E-state index contributed by atoms with van der Waals surface area (Å²) in [4.78, 5) is 30.6. The zero-order chi connectivity index (χ0) is 13.1. The van der Waals surface area contributed by atoms with E-state index in [-0.39, 0.29) is 11.8 Å². The van der Waals surface area contributed by atoms with E-state index in [1.54, 1.807) is 7.05 Å². The Morgan fingerprint density at radius 3 is 2.94 bits per heavy atom. The Labute approximate surface area is 108 Å². The summed E-state index contributed by atoms with van der Waals surface area (Å²) in [6.45, 7) is 0. The molecular weight excluding hydrogens is 258 g/mol. The summed E-state index contributed by atoms with van der Waals surface area (Å²) in [7, 11) is 1.68. The van der Waals surface area contributed by atoms with Crippen LogP contribution in [0.25, 0.3) is 0 Å². The maximum Gasteiger partial charge on any atom is 0.249 e. The molecule has 2 rings (SSSR count). The van der Waals surface area contributed by atoms with E-state index in [4.69, 9.17) is 11.6 Å². The number of hydrogen-bond acceptors (Lipinski definition) is 6. The van der Waals surface area contributed by atoms with Crippen molar-refractivity contribution >= 4 is 35.2 Å². The smallest absolute Gasteiger partial charge is 0.249 e. The van der Waals surface area contributed by atoms with Crippen LogP contribution in [-0.4, -0.2) is 34.9 Å². The number of imide groups is 1. The Morgan fingerprint density at radius 1 is 1.50 bits per heavy atom. The second-order valence-electron chi connectivity index (χ2n) is 3.79. The van der Waals surface area contributed by atoms with Crippen molar-refractivity contribution in [1.82, 2.24) is 15.3 Å². The van der Waals surface area contributed by atoms with Crippen molar-refractivity contribution in [1.29, 1.82) is 0 Å². The van der Waals surface area contributed by atoms with Gasteiger partial charge in [-0.1, -0.05) is 11.6 Å². The first-order valence-electron chi connectivity index (χ1n) is 5.40. The highest BCUT2D eigenvalue weighted by Crippen LogP contribution is 2.21. The molecule has 0 spiro atoms. The fraction of sp³-hybridized carbons (Fsp3) is 0.400. The molecule has 1 aliphatic heterocycles. The van der Waals surface area contributed by atoms with Crippen molar-refractivity contribution in [2.75, 3.05) is 17.7 Å². The first kappa shape index (κ1) is 12.6. The minimum atomic E-state index is -0.514. The lowest BCUT2D eigenvalue weighted by molar-refractivity contribution is -0.133. The maximum atomic E-state index is 11.6. The Balaban J connectivity index is 2.13. The highest BCUT2D eigenvalue weighted by molar-refractivity contribution is 6.32. The van der Waals surface area contributed by atoms with Crippen molar-refractivity contribution < 1.29 is 9.59 Å². The summed E-state index contributed by atoms with van der Waals surface area (Å²) < 4.78 is 0. The van der Waals surface area contributed by atoms with Crippen LogP contribution in [0.2, 0.25) is 5.02 Å². The number of anilines is 2. The van der Waals surface area contributed by atoms with Gasteiger partial charge in [0.2, 0.25) is 17.8 Å². The van der Waals surface area contributed by atoms with Crippen LogP contribution in [0, 0.1) is 0 Å². The molecule has 1 aliphatic rings. The molecule has 0 bridgehead atoms. The van der Waals surface area contributed by atoms with Gasteiger partial charge >= 0.3 is 0 Å². The highest BCUT2D eigenvalue weighted by Gasteiger charge is 2.27. The van der Waals surface area contributed by atoms with E-state index in [0.717, 1.165) is 0 Å². The van der Waals surface area contributed by atoms with Crippen LogP contribution in [-0.2, 0) is 9.59 Å². The van der Waals surface area contributed by atoms with Crippen LogP contribution >= 0.6 is 11.6 Å². The highest BCUT2D eigenvalue weighted by atomic mass is 35.5. The van der Waals surface area contributed by atoms with Gasteiger partial charge < -0.3 is 10.6 Å². The number of halogens is 1. The van der Waals surface area contributed by atoms with Gasteiger partial charge in [0.1, 0.15) is 11.1 Å². The van der Waals surface area contributed by atoms with Crippen molar-refractivity contribution in [3.63, 3.8) is 0 Å². The van der Waals surface area contributed by atoms with Crippen molar-refractivity contribution in [3.8, 4) is 0 Å². The third kappa shape index (κ3) is 2.67. The van der Waals surface area contributed by atoms with E-state index < -0.39 is 6.04 Å². The Kier molecular flexibility index (Phi) is 3.61. The Morgan fingerprint density at radius 2 is 2.28 bits per heavy atom. The number of hydrogen-bond donors (Lipinski definition) is 3. The average Bonchev–Trinajstić information content (AvgIpc) is 2.35. The van der Waals surface area contributed by atoms with Gasteiger partial charge in [-0.2, -0.15) is 4.98 Å². The quantitative estimate of drug-likeness (QED) is 0.687. The molecular formula is C10H12ClN5O2. The molecule has 18 heavy (non-hydrogen) atoms. The van der Waals surface area contributed by atoms with Gasteiger partial charge in [0, 0.05) is 13.5 Å². The zero-order valence-corrected chi connectivity index (χ0v) is 10.4. The van der Waals surface area contributed by atoms with Crippen LogP contribution in [0.3, 0.4) is 0 Å². The molecule has 1 saturated heterocycles. The standard InChI is InChI=1S/C10H12ClN5O2/c1-12-10-13-4-5(11)8(16-10)14-6-2-3-7(17)15-9(6)18/h4,6H,2-3H2,1H3,(H,15,17,18)(H2,12,13,14,16). The maximum absolute atomic E-state index is 11.6. The molecule has 0 radical (unpaired) electrons. The fourth-order valence-electron chi connectivity index (χ4n) is 1.59. The van der Waals surface area contributed by atoms with E-state index in [2.05, 4.69) is 25.9 Å². The third-order valence-corrected chi connectivity index (χ3v) is 2.79. The second kappa shape index (κ2) is 5.18. The number of carbonyl (C=O) groups is 2. The van der Waals surface area contributed by atoms with Gasteiger partial charge in [0.05, 0.1) is 6.20 Å². The molecule has 8 heteroatoms. The van der Waals surface area contributed by atoms with Gasteiger partial charge in [0.15, 0.2) is 5.82 Å². The number of aromatic nitrogens is 2. The fourth-order valence-corrected chi connectivity index (χ4v) is 1.73. The minimum absolute atomic E-state index is 0.261. The molecule has 2 heterocycles. The van der Waals surface area contributed by atoms with Crippen molar-refractivity contribution in [3.05, 3.63) is 11.2 Å². The van der Waals surface area contributed by atoms with E-state index in [0.29, 0.717) is 29.6 Å². The van der Waals surface area contributed by atoms with Crippen molar-refractivity contribution in [2.45, 2.75) is 18.9 Å². The Hall–Kier alpha value is -1.89. The molecule has 2 amide bonds. The van der Waals surface area contributed by atoms with Crippen molar-refractivity contribution in [2.24, 2.45) is 0 Å². The topological polar surface area (TPSA) is 96.0 Å². The van der Waals surface area contributed by atoms with Gasteiger partial charge in [-0.25, -0.2) is 4.98 Å². The monoisotopic (exact) mass is 269 g/mol. The summed E-state index contributed by atoms with van der Waals surface area (Å²) in [5, 5.41) is 8.25. The molecule has 1 aromatic heterocycles. The normalized spacial score (nSPS) is 19.3. The molecule has 1 unspecified atom stereocenters. The van der Waals surface area contributed by atoms with Gasteiger partial charge in [-0.15, -0.1) is 0 Å². The molecule has 96 valence electrons. The molecule has 0 aliphatic carbocycles. The summed E-state index contributed by atoms with van der Waals surface area (Å²) in [5.41, 5.74) is 0. The van der Waals surface area contributed by atoms with Crippen LogP contribution in [0.1, 0.15) is 12.8 Å². The van der Waals surface area contributed by atoms with E-state index >= 15 is 0 Å². The molecule has 0 saturated carbocycles. The number of nitrogens with zero attached hydrogens (tertiary/aromatic N) is 2. The van der Waals surface area contributed by atoms with Gasteiger partial charge in [-0.05, 0) is 6.42 Å². The predicted octanol–water partition coefficient (Wildman–Crippen LogP) is 0.389. The molecule has 1 aromatic rings.